The average Bonchev–Trinajstić information content (AvgIpc) is 2.15. The van der Waals surface area contributed by atoms with Crippen molar-refractivity contribution in [2.45, 2.75) is 50.3 Å². The Bertz CT molecular complexity index is 274. The van der Waals surface area contributed by atoms with Crippen molar-refractivity contribution in [2.24, 2.45) is 11.7 Å². The summed E-state index contributed by atoms with van der Waals surface area (Å²) < 4.78 is 22.8. The number of nitrogens with two attached hydrogens (primary N) is 1. The molecule has 1 aliphatic rings. The molecule has 3 unspecified atom stereocenters. The second-order valence-electron chi connectivity index (χ2n) is 4.45. The van der Waals surface area contributed by atoms with E-state index in [1.165, 1.54) is 6.26 Å². The third-order valence-electron chi connectivity index (χ3n) is 3.35. The lowest BCUT2D eigenvalue weighted by Gasteiger charge is -2.31. The number of sulfone groups is 1. The molecule has 0 aromatic rings. The van der Waals surface area contributed by atoms with Crippen molar-refractivity contribution in [1.82, 2.24) is 0 Å². The second kappa shape index (κ2) is 4.62. The van der Waals surface area contributed by atoms with Crippen molar-refractivity contribution in [3.63, 3.8) is 0 Å². The van der Waals surface area contributed by atoms with E-state index in [9.17, 15) is 8.42 Å². The summed E-state index contributed by atoms with van der Waals surface area (Å²) in [5.74, 6) is 0.411. The van der Waals surface area contributed by atoms with Crippen LogP contribution in [0.15, 0.2) is 0 Å². The van der Waals surface area contributed by atoms with E-state index in [4.69, 9.17) is 5.73 Å². The normalized spacial score (nSPS) is 31.4. The van der Waals surface area contributed by atoms with E-state index >= 15 is 0 Å². The quantitative estimate of drug-likeness (QED) is 0.779. The molecule has 1 fully saturated rings. The lowest BCUT2D eigenvalue weighted by molar-refractivity contribution is 0.300. The molecule has 2 N–H and O–H groups in total. The van der Waals surface area contributed by atoms with Crippen LogP contribution in [0.3, 0.4) is 0 Å². The van der Waals surface area contributed by atoms with Gasteiger partial charge in [0.25, 0.3) is 0 Å². The third kappa shape index (κ3) is 2.95. The van der Waals surface area contributed by atoms with Gasteiger partial charge in [0, 0.05) is 12.3 Å². The fourth-order valence-electron chi connectivity index (χ4n) is 2.29. The SMILES string of the molecule is CCC(N)C1CCCC(S(C)(=O)=O)C1. The molecule has 0 saturated heterocycles. The first kappa shape index (κ1) is 12.0. The highest BCUT2D eigenvalue weighted by Gasteiger charge is 2.30. The molecule has 0 heterocycles. The van der Waals surface area contributed by atoms with Gasteiger partial charge < -0.3 is 5.73 Å². The fraction of sp³-hybridized carbons (Fsp3) is 1.00. The Balaban J connectivity index is 2.61. The maximum Gasteiger partial charge on any atom is 0.150 e. The first-order valence-corrected chi connectivity index (χ1v) is 7.35. The Kier molecular flexibility index (Phi) is 3.95. The van der Waals surface area contributed by atoms with Gasteiger partial charge in [-0.1, -0.05) is 13.3 Å². The molecular weight excluding hydrogens is 198 g/mol. The molecule has 1 saturated carbocycles. The molecule has 0 bridgehead atoms. The predicted molar refractivity (Wildman–Crippen MR) is 58.9 cm³/mol. The van der Waals surface area contributed by atoms with Gasteiger partial charge in [0.1, 0.15) is 9.84 Å². The molecule has 0 radical (unpaired) electrons. The number of hydrogen-bond donors (Lipinski definition) is 1. The second-order valence-corrected chi connectivity index (χ2v) is 6.78. The van der Waals surface area contributed by atoms with Gasteiger partial charge in [0.05, 0.1) is 5.25 Å². The topological polar surface area (TPSA) is 60.2 Å². The maximum atomic E-state index is 11.4. The van der Waals surface area contributed by atoms with E-state index in [2.05, 4.69) is 6.92 Å². The highest BCUT2D eigenvalue weighted by Crippen LogP contribution is 2.30. The molecule has 0 spiro atoms. The molecule has 84 valence electrons. The van der Waals surface area contributed by atoms with Crippen LogP contribution < -0.4 is 5.73 Å². The van der Waals surface area contributed by atoms with Gasteiger partial charge >= 0.3 is 0 Å². The van der Waals surface area contributed by atoms with Crippen LogP contribution in [-0.4, -0.2) is 26.0 Å². The fourth-order valence-corrected chi connectivity index (χ4v) is 3.48. The Morgan fingerprint density at radius 3 is 2.57 bits per heavy atom. The van der Waals surface area contributed by atoms with Crippen LogP contribution in [0.4, 0.5) is 0 Å². The summed E-state index contributed by atoms with van der Waals surface area (Å²) in [5, 5.41) is -0.140. The summed E-state index contributed by atoms with van der Waals surface area (Å²) in [5.41, 5.74) is 5.96. The van der Waals surface area contributed by atoms with E-state index < -0.39 is 9.84 Å². The standard InChI is InChI=1S/C10H21NO2S/c1-3-10(11)8-5-4-6-9(7-8)14(2,12)13/h8-10H,3-7,11H2,1-2H3. The molecule has 14 heavy (non-hydrogen) atoms. The van der Waals surface area contributed by atoms with Crippen LogP contribution in [0.5, 0.6) is 0 Å². The average molecular weight is 219 g/mol. The molecule has 0 aromatic heterocycles. The summed E-state index contributed by atoms with van der Waals surface area (Å²) in [4.78, 5) is 0. The molecule has 1 aliphatic carbocycles. The van der Waals surface area contributed by atoms with Gasteiger partial charge in [-0.15, -0.1) is 0 Å². The van der Waals surface area contributed by atoms with Crippen molar-refractivity contribution >= 4 is 9.84 Å². The molecule has 0 aromatic carbocycles. The third-order valence-corrected chi connectivity index (χ3v) is 4.99. The van der Waals surface area contributed by atoms with Crippen molar-refractivity contribution < 1.29 is 8.42 Å². The highest BCUT2D eigenvalue weighted by atomic mass is 32.2. The van der Waals surface area contributed by atoms with Gasteiger partial charge in [0.15, 0.2) is 0 Å². The first-order chi connectivity index (χ1) is 6.45. The summed E-state index contributed by atoms with van der Waals surface area (Å²) in [6.07, 6.45) is 6.00. The Hall–Kier alpha value is -0.0900. The summed E-state index contributed by atoms with van der Waals surface area (Å²) in [6, 6.07) is 0.180. The van der Waals surface area contributed by atoms with E-state index in [0.29, 0.717) is 5.92 Å². The Morgan fingerprint density at radius 2 is 2.07 bits per heavy atom. The summed E-state index contributed by atoms with van der Waals surface area (Å²) in [7, 11) is -2.86. The van der Waals surface area contributed by atoms with Crippen molar-refractivity contribution in [2.75, 3.05) is 6.26 Å². The van der Waals surface area contributed by atoms with Crippen LogP contribution in [0.2, 0.25) is 0 Å². The lowest BCUT2D eigenvalue weighted by atomic mass is 9.83. The Labute approximate surface area is 87.0 Å². The van der Waals surface area contributed by atoms with E-state index in [1.54, 1.807) is 0 Å². The van der Waals surface area contributed by atoms with Crippen LogP contribution in [0.25, 0.3) is 0 Å². The van der Waals surface area contributed by atoms with Gasteiger partial charge in [-0.3, -0.25) is 0 Å². The smallest absolute Gasteiger partial charge is 0.150 e. The largest absolute Gasteiger partial charge is 0.327 e. The Morgan fingerprint density at radius 1 is 1.43 bits per heavy atom. The van der Waals surface area contributed by atoms with E-state index in [1.807, 2.05) is 0 Å². The van der Waals surface area contributed by atoms with Crippen molar-refractivity contribution in [1.29, 1.82) is 0 Å². The minimum absolute atomic E-state index is 0.140. The molecule has 0 amide bonds. The van der Waals surface area contributed by atoms with Crippen molar-refractivity contribution in [3.05, 3.63) is 0 Å². The van der Waals surface area contributed by atoms with E-state index in [0.717, 1.165) is 32.1 Å². The number of rotatable bonds is 3. The molecule has 1 rings (SSSR count). The van der Waals surface area contributed by atoms with Gasteiger partial charge in [0.2, 0.25) is 0 Å². The minimum Gasteiger partial charge on any atom is -0.327 e. The van der Waals surface area contributed by atoms with Crippen LogP contribution in [0, 0.1) is 5.92 Å². The zero-order valence-electron chi connectivity index (χ0n) is 9.07. The van der Waals surface area contributed by atoms with Crippen molar-refractivity contribution in [3.8, 4) is 0 Å². The maximum absolute atomic E-state index is 11.4. The molecule has 3 nitrogen and oxygen atoms in total. The van der Waals surface area contributed by atoms with Gasteiger partial charge in [-0.2, -0.15) is 0 Å². The van der Waals surface area contributed by atoms with Gasteiger partial charge in [-0.25, -0.2) is 8.42 Å². The molecule has 4 heteroatoms. The summed E-state index contributed by atoms with van der Waals surface area (Å²) >= 11 is 0. The first-order valence-electron chi connectivity index (χ1n) is 5.39. The zero-order valence-corrected chi connectivity index (χ0v) is 9.89. The van der Waals surface area contributed by atoms with Crippen LogP contribution in [0.1, 0.15) is 39.0 Å². The monoisotopic (exact) mass is 219 g/mol. The minimum atomic E-state index is -2.86. The molecule has 3 atom stereocenters. The van der Waals surface area contributed by atoms with Gasteiger partial charge in [-0.05, 0) is 31.6 Å². The van der Waals surface area contributed by atoms with E-state index in [-0.39, 0.29) is 11.3 Å². The molecular formula is C10H21NO2S. The molecule has 0 aliphatic heterocycles. The summed E-state index contributed by atoms with van der Waals surface area (Å²) in [6.45, 7) is 2.06. The number of hydrogen-bond acceptors (Lipinski definition) is 3. The highest BCUT2D eigenvalue weighted by molar-refractivity contribution is 7.91. The zero-order chi connectivity index (χ0) is 10.8. The van der Waals surface area contributed by atoms with Crippen LogP contribution in [-0.2, 0) is 9.84 Å². The lowest BCUT2D eigenvalue weighted by Crippen LogP contribution is -2.37. The van der Waals surface area contributed by atoms with Crippen LogP contribution >= 0.6 is 0 Å². The predicted octanol–water partition coefficient (Wildman–Crippen LogP) is 1.33.